The number of nitrogens with one attached hydrogen (secondary N) is 1. The molecule has 0 spiro atoms. The number of aryl methyl sites for hydroxylation is 1. The molecule has 0 radical (unpaired) electrons. The molecule has 1 aromatic rings. The normalized spacial score (nSPS) is 30.5. The Morgan fingerprint density at radius 2 is 2.06 bits per heavy atom. The molecule has 2 nitrogen and oxygen atoms in total. The third-order valence-electron chi connectivity index (χ3n) is 4.25. The highest BCUT2D eigenvalue weighted by Crippen LogP contribution is 2.34. The molecule has 98 valence electrons. The van der Waals surface area contributed by atoms with Gasteiger partial charge in [0.2, 0.25) is 0 Å². The lowest BCUT2D eigenvalue weighted by Crippen LogP contribution is -2.53. The second-order valence-electron chi connectivity index (χ2n) is 5.47. The quantitative estimate of drug-likeness (QED) is 0.885. The maximum atomic E-state index is 6.21. The molecule has 0 amide bonds. The summed E-state index contributed by atoms with van der Waals surface area (Å²) in [6, 6.07) is 4.70. The summed E-state index contributed by atoms with van der Waals surface area (Å²) in [5.74, 6) is 0.821. The number of piperidine rings is 3. The van der Waals surface area contributed by atoms with E-state index in [1.807, 2.05) is 13.0 Å². The third kappa shape index (κ3) is 2.40. The van der Waals surface area contributed by atoms with Gasteiger partial charge in [0.05, 0.1) is 5.69 Å². The fraction of sp³-hybridized carbons (Fsp3) is 0.571. The van der Waals surface area contributed by atoms with Crippen LogP contribution in [0.3, 0.4) is 0 Å². The number of anilines is 1. The zero-order chi connectivity index (χ0) is 12.7. The first-order valence-corrected chi connectivity index (χ1v) is 7.75. The summed E-state index contributed by atoms with van der Waals surface area (Å²) in [7, 11) is 0. The van der Waals surface area contributed by atoms with Gasteiger partial charge in [0.25, 0.3) is 0 Å². The van der Waals surface area contributed by atoms with E-state index < -0.39 is 0 Å². The van der Waals surface area contributed by atoms with Gasteiger partial charge in [-0.15, -0.1) is 0 Å². The molecule has 4 heteroatoms. The molecular formula is C14H18BrClN2. The Kier molecular flexibility index (Phi) is 3.57. The molecule has 1 atom stereocenters. The standard InChI is InChI=1S/C14H18BrClN2/c1-9-6-11(15)13(7-12(9)16)17-14-8-18-4-2-10(14)3-5-18/h6-7,10,14,17H,2-5,8H2,1H3. The maximum Gasteiger partial charge on any atom is 0.0502 e. The lowest BCUT2D eigenvalue weighted by atomic mass is 9.84. The minimum atomic E-state index is 0.572. The summed E-state index contributed by atoms with van der Waals surface area (Å²) in [6.07, 6.45) is 2.66. The lowest BCUT2D eigenvalue weighted by molar-refractivity contribution is 0.0975. The van der Waals surface area contributed by atoms with Gasteiger partial charge in [-0.05, 0) is 72.4 Å². The Balaban J connectivity index is 1.78. The molecule has 1 unspecified atom stereocenters. The summed E-state index contributed by atoms with van der Waals surface area (Å²) in [5.41, 5.74) is 2.24. The molecule has 2 bridgehead atoms. The number of hydrogen-bond acceptors (Lipinski definition) is 2. The maximum absolute atomic E-state index is 6.21. The van der Waals surface area contributed by atoms with Crippen LogP contribution in [0.5, 0.6) is 0 Å². The van der Waals surface area contributed by atoms with E-state index in [4.69, 9.17) is 11.6 Å². The van der Waals surface area contributed by atoms with Gasteiger partial charge in [0, 0.05) is 22.1 Å². The van der Waals surface area contributed by atoms with Gasteiger partial charge in [0.15, 0.2) is 0 Å². The van der Waals surface area contributed by atoms with Crippen molar-refractivity contribution in [1.29, 1.82) is 0 Å². The van der Waals surface area contributed by atoms with Gasteiger partial charge >= 0.3 is 0 Å². The second kappa shape index (κ2) is 5.03. The Hall–Kier alpha value is -0.250. The number of rotatable bonds is 2. The Morgan fingerprint density at radius 1 is 1.33 bits per heavy atom. The minimum Gasteiger partial charge on any atom is -0.380 e. The zero-order valence-corrected chi connectivity index (χ0v) is 12.9. The SMILES string of the molecule is Cc1cc(Br)c(NC2CN3CCC2CC3)cc1Cl. The van der Waals surface area contributed by atoms with E-state index >= 15 is 0 Å². The summed E-state index contributed by atoms with van der Waals surface area (Å²) in [4.78, 5) is 2.56. The van der Waals surface area contributed by atoms with Crippen LogP contribution in [0.25, 0.3) is 0 Å². The van der Waals surface area contributed by atoms with Gasteiger partial charge < -0.3 is 10.2 Å². The Labute approximate surface area is 122 Å². The van der Waals surface area contributed by atoms with Crippen LogP contribution in [0, 0.1) is 12.8 Å². The Morgan fingerprint density at radius 3 is 2.67 bits per heavy atom. The van der Waals surface area contributed by atoms with Crippen LogP contribution >= 0.6 is 27.5 Å². The van der Waals surface area contributed by atoms with Crippen molar-refractivity contribution >= 4 is 33.2 Å². The van der Waals surface area contributed by atoms with E-state index in [1.165, 1.54) is 32.5 Å². The molecule has 4 rings (SSSR count). The molecule has 0 aliphatic carbocycles. The van der Waals surface area contributed by atoms with Crippen LogP contribution in [0.4, 0.5) is 5.69 Å². The topological polar surface area (TPSA) is 15.3 Å². The minimum absolute atomic E-state index is 0.572. The monoisotopic (exact) mass is 328 g/mol. The molecular weight excluding hydrogens is 312 g/mol. The van der Waals surface area contributed by atoms with Crippen LogP contribution in [0.2, 0.25) is 5.02 Å². The highest BCUT2D eigenvalue weighted by molar-refractivity contribution is 9.10. The summed E-state index contributed by atoms with van der Waals surface area (Å²) >= 11 is 9.84. The van der Waals surface area contributed by atoms with Crippen LogP contribution in [-0.2, 0) is 0 Å². The van der Waals surface area contributed by atoms with E-state index in [9.17, 15) is 0 Å². The molecule has 3 aliphatic heterocycles. The van der Waals surface area contributed by atoms with Crippen molar-refractivity contribution in [3.05, 3.63) is 27.2 Å². The van der Waals surface area contributed by atoms with E-state index in [1.54, 1.807) is 0 Å². The van der Waals surface area contributed by atoms with Gasteiger partial charge in [-0.2, -0.15) is 0 Å². The molecule has 0 aromatic heterocycles. The molecule has 3 heterocycles. The van der Waals surface area contributed by atoms with Crippen molar-refractivity contribution in [2.24, 2.45) is 5.92 Å². The smallest absolute Gasteiger partial charge is 0.0502 e. The van der Waals surface area contributed by atoms with Crippen molar-refractivity contribution in [1.82, 2.24) is 4.90 Å². The average molecular weight is 330 g/mol. The zero-order valence-electron chi connectivity index (χ0n) is 10.5. The first-order valence-electron chi connectivity index (χ1n) is 6.58. The van der Waals surface area contributed by atoms with Gasteiger partial charge in [-0.25, -0.2) is 0 Å². The molecule has 1 aromatic carbocycles. The fourth-order valence-electron chi connectivity index (χ4n) is 3.09. The Bertz CT molecular complexity index is 455. The highest BCUT2D eigenvalue weighted by Gasteiger charge is 2.34. The summed E-state index contributed by atoms with van der Waals surface area (Å²) in [5, 5.41) is 4.51. The van der Waals surface area contributed by atoms with Crippen molar-refractivity contribution < 1.29 is 0 Å². The number of benzene rings is 1. The number of hydrogen-bond donors (Lipinski definition) is 1. The molecule has 0 saturated carbocycles. The van der Waals surface area contributed by atoms with Crippen LogP contribution < -0.4 is 5.32 Å². The van der Waals surface area contributed by atoms with E-state index in [-0.39, 0.29) is 0 Å². The highest BCUT2D eigenvalue weighted by atomic mass is 79.9. The van der Waals surface area contributed by atoms with Crippen molar-refractivity contribution in [2.45, 2.75) is 25.8 Å². The van der Waals surface area contributed by atoms with E-state index in [2.05, 4.69) is 32.2 Å². The molecule has 18 heavy (non-hydrogen) atoms. The first kappa shape index (κ1) is 12.8. The van der Waals surface area contributed by atoms with Crippen molar-refractivity contribution in [2.75, 3.05) is 25.0 Å². The van der Waals surface area contributed by atoms with Gasteiger partial charge in [-0.1, -0.05) is 11.6 Å². The van der Waals surface area contributed by atoms with Gasteiger partial charge in [-0.3, -0.25) is 0 Å². The van der Waals surface area contributed by atoms with E-state index in [0.29, 0.717) is 6.04 Å². The molecule has 1 N–H and O–H groups in total. The summed E-state index contributed by atoms with van der Waals surface area (Å²) in [6.45, 7) is 5.76. The fourth-order valence-corrected chi connectivity index (χ4v) is 3.82. The third-order valence-corrected chi connectivity index (χ3v) is 5.31. The first-order chi connectivity index (χ1) is 8.63. The molecule has 3 aliphatic rings. The molecule has 3 fully saturated rings. The van der Waals surface area contributed by atoms with E-state index in [0.717, 1.165) is 26.7 Å². The number of nitrogens with zero attached hydrogens (tertiary/aromatic N) is 1. The average Bonchev–Trinajstić information content (AvgIpc) is 2.37. The van der Waals surface area contributed by atoms with Crippen LogP contribution in [0.1, 0.15) is 18.4 Å². The van der Waals surface area contributed by atoms with Crippen LogP contribution in [0.15, 0.2) is 16.6 Å². The predicted octanol–water partition coefficient (Wildman–Crippen LogP) is 3.92. The largest absolute Gasteiger partial charge is 0.380 e. The van der Waals surface area contributed by atoms with Crippen molar-refractivity contribution in [3.63, 3.8) is 0 Å². The number of fused-ring (bicyclic) bond motifs is 3. The lowest BCUT2D eigenvalue weighted by Gasteiger charge is -2.45. The number of halogens is 2. The van der Waals surface area contributed by atoms with Gasteiger partial charge in [0.1, 0.15) is 0 Å². The molecule has 3 saturated heterocycles. The van der Waals surface area contributed by atoms with Crippen LogP contribution in [-0.4, -0.2) is 30.6 Å². The van der Waals surface area contributed by atoms with Crippen molar-refractivity contribution in [3.8, 4) is 0 Å². The predicted molar refractivity (Wildman–Crippen MR) is 80.5 cm³/mol. The summed E-state index contributed by atoms with van der Waals surface area (Å²) < 4.78 is 1.11. The second-order valence-corrected chi connectivity index (χ2v) is 6.73.